The van der Waals surface area contributed by atoms with E-state index in [1.165, 1.54) is 12.1 Å². The van der Waals surface area contributed by atoms with E-state index < -0.39 is 22.7 Å². The Hall–Kier alpha value is -3.61. The molecular weight excluding hydrogens is 456 g/mol. The van der Waals surface area contributed by atoms with Crippen LogP contribution in [-0.4, -0.2) is 28.5 Å². The van der Waals surface area contributed by atoms with Crippen LogP contribution in [0, 0.1) is 16.0 Å². The van der Waals surface area contributed by atoms with Gasteiger partial charge in [0.2, 0.25) is 0 Å². The minimum absolute atomic E-state index is 0.00509. The molecular formula is C29H30N2O5. The van der Waals surface area contributed by atoms with Crippen LogP contribution in [0.1, 0.15) is 74.8 Å². The van der Waals surface area contributed by atoms with E-state index in [-0.39, 0.29) is 23.5 Å². The van der Waals surface area contributed by atoms with Crippen molar-refractivity contribution in [3.05, 3.63) is 87.1 Å². The average Bonchev–Trinajstić information content (AvgIpc) is 2.88. The Kier molecular flexibility index (Phi) is 6.81. The summed E-state index contributed by atoms with van der Waals surface area (Å²) < 4.78 is 5.95. The number of hydrogen-bond donors (Lipinski definition) is 0. The van der Waals surface area contributed by atoms with E-state index in [1.54, 1.807) is 19.1 Å². The molecule has 0 spiro atoms. The summed E-state index contributed by atoms with van der Waals surface area (Å²) in [6.07, 6.45) is 5.62. The van der Waals surface area contributed by atoms with E-state index in [0.717, 1.165) is 37.7 Å². The summed E-state index contributed by atoms with van der Waals surface area (Å²) in [7, 11) is 0. The van der Waals surface area contributed by atoms with Crippen LogP contribution >= 0.6 is 0 Å². The first-order valence-electron chi connectivity index (χ1n) is 12.7. The van der Waals surface area contributed by atoms with Gasteiger partial charge < -0.3 is 4.74 Å². The summed E-state index contributed by atoms with van der Waals surface area (Å²) in [5.41, 5.74) is 3.35. The number of ether oxygens (including phenoxy) is 1. The third kappa shape index (κ3) is 4.74. The number of hydrogen-bond acceptors (Lipinski definition) is 6. The van der Waals surface area contributed by atoms with Gasteiger partial charge in [-0.3, -0.25) is 24.7 Å². The summed E-state index contributed by atoms with van der Waals surface area (Å²) >= 11 is 0. The van der Waals surface area contributed by atoms with Crippen molar-refractivity contribution in [1.29, 1.82) is 0 Å². The van der Waals surface area contributed by atoms with Crippen LogP contribution < -0.4 is 0 Å². The quantitative estimate of drug-likeness (QED) is 0.291. The Morgan fingerprint density at radius 3 is 2.44 bits per heavy atom. The SMILES string of the molecule is CC1=NC2=C(C(=O)C[C@@H](c3ccccc3)C2)[C@H](c2cccc([N+](=O)[O-])c2)C1C(=O)OC1CCCCC1. The van der Waals surface area contributed by atoms with Gasteiger partial charge in [-0.1, -0.05) is 48.9 Å². The number of carbonyl (C=O) groups excluding carboxylic acids is 2. The topological polar surface area (TPSA) is 98.9 Å². The fourth-order valence-corrected chi connectivity index (χ4v) is 5.94. The molecule has 0 aromatic heterocycles. The van der Waals surface area contributed by atoms with Crippen molar-refractivity contribution in [2.75, 3.05) is 0 Å². The van der Waals surface area contributed by atoms with Crippen molar-refractivity contribution < 1.29 is 19.2 Å². The summed E-state index contributed by atoms with van der Waals surface area (Å²) in [5.74, 6) is -1.90. The Bertz CT molecular complexity index is 1240. The lowest BCUT2D eigenvalue weighted by Crippen LogP contribution is -2.39. The molecule has 0 radical (unpaired) electrons. The van der Waals surface area contributed by atoms with Crippen LogP contribution in [-0.2, 0) is 14.3 Å². The maximum atomic E-state index is 13.7. The normalized spacial score (nSPS) is 24.6. The molecule has 2 aromatic rings. The third-order valence-electron chi connectivity index (χ3n) is 7.69. The van der Waals surface area contributed by atoms with Crippen LogP contribution in [0.25, 0.3) is 0 Å². The smallest absolute Gasteiger partial charge is 0.315 e. The highest BCUT2D eigenvalue weighted by Gasteiger charge is 2.45. The lowest BCUT2D eigenvalue weighted by molar-refractivity contribution is -0.384. The van der Waals surface area contributed by atoms with Crippen LogP contribution in [0.4, 0.5) is 5.69 Å². The number of nitro benzene ring substituents is 1. The minimum Gasteiger partial charge on any atom is -0.462 e. The fraction of sp³-hybridized carbons (Fsp3) is 0.414. The number of carbonyl (C=O) groups is 2. The number of benzene rings is 2. The number of esters is 1. The van der Waals surface area contributed by atoms with Gasteiger partial charge in [0, 0.05) is 41.5 Å². The van der Waals surface area contributed by atoms with Crippen LogP contribution in [0.2, 0.25) is 0 Å². The number of ketones is 1. The maximum Gasteiger partial charge on any atom is 0.315 e. The average molecular weight is 487 g/mol. The van der Waals surface area contributed by atoms with E-state index in [0.29, 0.717) is 35.4 Å². The molecule has 5 rings (SSSR count). The summed E-state index contributed by atoms with van der Waals surface area (Å²) in [6.45, 7) is 1.80. The van der Waals surface area contributed by atoms with Gasteiger partial charge in [-0.15, -0.1) is 0 Å². The van der Waals surface area contributed by atoms with E-state index in [9.17, 15) is 19.7 Å². The van der Waals surface area contributed by atoms with Crippen molar-refractivity contribution in [2.45, 2.75) is 69.8 Å². The number of nitro groups is 1. The molecule has 1 saturated carbocycles. The molecule has 7 heteroatoms. The zero-order valence-corrected chi connectivity index (χ0v) is 20.4. The molecule has 7 nitrogen and oxygen atoms in total. The van der Waals surface area contributed by atoms with Gasteiger partial charge in [0.25, 0.3) is 5.69 Å². The zero-order chi connectivity index (χ0) is 25.2. The molecule has 1 unspecified atom stereocenters. The molecule has 1 fully saturated rings. The first-order valence-corrected chi connectivity index (χ1v) is 12.7. The van der Waals surface area contributed by atoms with Crippen molar-refractivity contribution in [3.63, 3.8) is 0 Å². The third-order valence-corrected chi connectivity index (χ3v) is 7.69. The molecule has 3 atom stereocenters. The predicted octanol–water partition coefficient (Wildman–Crippen LogP) is 6.05. The molecule has 2 aromatic carbocycles. The maximum absolute atomic E-state index is 13.7. The number of rotatable bonds is 5. The molecule has 3 aliphatic rings. The van der Waals surface area contributed by atoms with Gasteiger partial charge in [-0.25, -0.2) is 0 Å². The minimum atomic E-state index is -0.787. The van der Waals surface area contributed by atoms with Crippen molar-refractivity contribution in [1.82, 2.24) is 0 Å². The lowest BCUT2D eigenvalue weighted by atomic mass is 9.69. The molecule has 1 aliphatic heterocycles. The van der Waals surface area contributed by atoms with Gasteiger partial charge in [0.05, 0.1) is 4.92 Å². The lowest BCUT2D eigenvalue weighted by Gasteiger charge is -2.37. The number of nitrogens with zero attached hydrogens (tertiary/aromatic N) is 2. The molecule has 2 aliphatic carbocycles. The van der Waals surface area contributed by atoms with Gasteiger partial charge in [0.1, 0.15) is 12.0 Å². The van der Waals surface area contributed by atoms with Gasteiger partial charge in [-0.05, 0) is 56.1 Å². The molecule has 186 valence electrons. The molecule has 1 heterocycles. The number of aliphatic imine (C=N–C) groups is 1. The highest BCUT2D eigenvalue weighted by molar-refractivity contribution is 6.09. The van der Waals surface area contributed by atoms with Gasteiger partial charge >= 0.3 is 5.97 Å². The molecule has 0 saturated heterocycles. The fourth-order valence-electron chi connectivity index (χ4n) is 5.94. The second-order valence-electron chi connectivity index (χ2n) is 10.1. The second-order valence-corrected chi connectivity index (χ2v) is 10.1. The van der Waals surface area contributed by atoms with E-state index in [4.69, 9.17) is 9.73 Å². The number of non-ortho nitro benzene ring substituents is 1. The summed E-state index contributed by atoms with van der Waals surface area (Å²) in [4.78, 5) is 43.1. The van der Waals surface area contributed by atoms with Crippen LogP contribution in [0.5, 0.6) is 0 Å². The largest absolute Gasteiger partial charge is 0.462 e. The molecule has 0 N–H and O–H groups in total. The Balaban J connectivity index is 1.55. The van der Waals surface area contributed by atoms with E-state index in [2.05, 4.69) is 0 Å². The van der Waals surface area contributed by atoms with Crippen molar-refractivity contribution >= 4 is 23.2 Å². The van der Waals surface area contributed by atoms with E-state index >= 15 is 0 Å². The summed E-state index contributed by atoms with van der Waals surface area (Å²) in [6, 6.07) is 16.2. The Morgan fingerprint density at radius 1 is 1.00 bits per heavy atom. The highest BCUT2D eigenvalue weighted by atomic mass is 16.6. The summed E-state index contributed by atoms with van der Waals surface area (Å²) in [5, 5.41) is 11.5. The number of allylic oxidation sites excluding steroid dienone is 2. The predicted molar refractivity (Wildman–Crippen MR) is 136 cm³/mol. The Labute approximate surface area is 210 Å². The molecule has 0 amide bonds. The standard InChI is InChI=1S/C29H30N2O5/c1-18-26(29(33)36-23-13-6-3-7-14-23)27(20-11-8-12-22(15-20)31(34)35)28-24(30-18)16-21(17-25(28)32)19-9-4-2-5-10-19/h2,4-5,8-12,15,21,23,26-27H,3,6-7,13-14,16-17H2,1H3/t21-,26?,27+/m0/s1. The number of Topliss-reactive ketones (excluding diaryl/α,β-unsaturated/α-hetero) is 1. The van der Waals surface area contributed by atoms with E-state index in [1.807, 2.05) is 30.3 Å². The highest BCUT2D eigenvalue weighted by Crippen LogP contribution is 2.47. The van der Waals surface area contributed by atoms with Gasteiger partial charge in [0.15, 0.2) is 5.78 Å². The monoisotopic (exact) mass is 486 g/mol. The Morgan fingerprint density at radius 2 is 1.72 bits per heavy atom. The molecule has 0 bridgehead atoms. The first kappa shape index (κ1) is 24.1. The van der Waals surface area contributed by atoms with Crippen molar-refractivity contribution in [2.24, 2.45) is 10.9 Å². The molecule has 36 heavy (non-hydrogen) atoms. The van der Waals surface area contributed by atoms with Crippen LogP contribution in [0.15, 0.2) is 70.9 Å². The zero-order valence-electron chi connectivity index (χ0n) is 20.4. The second kappa shape index (κ2) is 10.2. The van der Waals surface area contributed by atoms with Gasteiger partial charge in [-0.2, -0.15) is 0 Å². The van der Waals surface area contributed by atoms with Crippen molar-refractivity contribution in [3.8, 4) is 0 Å². The van der Waals surface area contributed by atoms with Crippen LogP contribution in [0.3, 0.4) is 0 Å². The first-order chi connectivity index (χ1) is 17.4.